The van der Waals surface area contributed by atoms with E-state index in [1.54, 1.807) is 7.11 Å². The lowest BCUT2D eigenvalue weighted by Crippen LogP contribution is -2.35. The first-order chi connectivity index (χ1) is 9.22. The fraction of sp³-hybridized carbons (Fsp3) is 0.533. The summed E-state index contributed by atoms with van der Waals surface area (Å²) in [7, 11) is 3.76. The van der Waals surface area contributed by atoms with Crippen molar-refractivity contribution in [2.45, 2.75) is 25.4 Å². The van der Waals surface area contributed by atoms with Crippen LogP contribution in [0.5, 0.6) is 11.5 Å². The maximum absolute atomic E-state index is 8.71. The average molecular weight is 260 g/mol. The number of hydrogen-bond donors (Lipinski definition) is 0. The number of piperidine rings is 1. The third-order valence-corrected chi connectivity index (χ3v) is 3.47. The molecule has 0 spiro atoms. The monoisotopic (exact) mass is 260 g/mol. The standard InChI is InChI=1S/C15H20N2O2/c1-17-9-6-13(7-10-17)19-14-4-3-12(5-8-16)11-15(14)18-2/h3-4,11,13H,5-7,9-10H2,1-2H3. The Hall–Kier alpha value is -1.73. The Morgan fingerprint density at radius 3 is 2.68 bits per heavy atom. The lowest BCUT2D eigenvalue weighted by molar-refractivity contribution is 0.111. The number of nitrogens with zero attached hydrogens (tertiary/aromatic N) is 2. The van der Waals surface area contributed by atoms with Crippen LogP contribution in [0, 0.1) is 11.3 Å². The molecule has 0 radical (unpaired) electrons. The molecule has 1 aliphatic rings. The van der Waals surface area contributed by atoms with E-state index in [1.165, 1.54) is 0 Å². The molecule has 0 N–H and O–H groups in total. The molecule has 1 fully saturated rings. The zero-order chi connectivity index (χ0) is 13.7. The van der Waals surface area contributed by atoms with Crippen molar-refractivity contribution in [1.29, 1.82) is 5.26 Å². The summed E-state index contributed by atoms with van der Waals surface area (Å²) in [5.74, 6) is 1.49. The highest BCUT2D eigenvalue weighted by molar-refractivity contribution is 5.43. The van der Waals surface area contributed by atoms with E-state index in [0.29, 0.717) is 12.2 Å². The molecule has 1 aromatic rings. The second-order valence-electron chi connectivity index (χ2n) is 4.94. The SMILES string of the molecule is COc1cc(CC#N)ccc1OC1CCN(C)CC1. The Morgan fingerprint density at radius 2 is 2.05 bits per heavy atom. The molecule has 2 rings (SSSR count). The van der Waals surface area contributed by atoms with Crippen LogP contribution in [0.1, 0.15) is 18.4 Å². The molecule has 1 saturated heterocycles. The number of benzene rings is 1. The maximum atomic E-state index is 8.71. The minimum atomic E-state index is 0.256. The summed E-state index contributed by atoms with van der Waals surface area (Å²) in [6, 6.07) is 7.85. The molecule has 0 amide bonds. The number of ether oxygens (including phenoxy) is 2. The lowest BCUT2D eigenvalue weighted by atomic mass is 10.1. The van der Waals surface area contributed by atoms with E-state index >= 15 is 0 Å². The summed E-state index contributed by atoms with van der Waals surface area (Å²) in [6.45, 7) is 2.14. The van der Waals surface area contributed by atoms with Crippen molar-refractivity contribution in [1.82, 2.24) is 4.90 Å². The van der Waals surface area contributed by atoms with Crippen LogP contribution in [-0.2, 0) is 6.42 Å². The average Bonchev–Trinajstić information content (AvgIpc) is 2.43. The van der Waals surface area contributed by atoms with Crippen molar-refractivity contribution in [2.24, 2.45) is 0 Å². The van der Waals surface area contributed by atoms with E-state index in [2.05, 4.69) is 18.0 Å². The van der Waals surface area contributed by atoms with Gasteiger partial charge in [-0.3, -0.25) is 0 Å². The second kappa shape index (κ2) is 6.44. The largest absolute Gasteiger partial charge is 0.493 e. The molecular weight excluding hydrogens is 240 g/mol. The molecule has 0 saturated carbocycles. The number of methoxy groups -OCH3 is 1. The number of rotatable bonds is 4. The van der Waals surface area contributed by atoms with Gasteiger partial charge in [0.1, 0.15) is 6.10 Å². The topological polar surface area (TPSA) is 45.5 Å². The Balaban J connectivity index is 2.05. The predicted octanol–water partition coefficient (Wildman–Crippen LogP) is 2.23. The molecule has 4 heteroatoms. The number of hydrogen-bond acceptors (Lipinski definition) is 4. The first-order valence-electron chi connectivity index (χ1n) is 6.62. The Bertz CT molecular complexity index is 460. The summed E-state index contributed by atoms with van der Waals surface area (Å²) in [4.78, 5) is 2.31. The predicted molar refractivity (Wildman–Crippen MR) is 73.5 cm³/mol. The Labute approximate surface area is 114 Å². The molecule has 0 atom stereocenters. The minimum Gasteiger partial charge on any atom is -0.493 e. The van der Waals surface area contributed by atoms with Crippen molar-refractivity contribution in [3.8, 4) is 17.6 Å². The van der Waals surface area contributed by atoms with Crippen molar-refractivity contribution < 1.29 is 9.47 Å². The van der Waals surface area contributed by atoms with Gasteiger partial charge in [-0.2, -0.15) is 5.26 Å². The van der Waals surface area contributed by atoms with Crippen LogP contribution in [0.25, 0.3) is 0 Å². The molecule has 1 aromatic carbocycles. The molecule has 0 bridgehead atoms. The number of likely N-dealkylation sites (tertiary alicyclic amines) is 1. The molecule has 1 aliphatic heterocycles. The fourth-order valence-corrected chi connectivity index (χ4v) is 2.29. The van der Waals surface area contributed by atoms with Gasteiger partial charge in [-0.25, -0.2) is 0 Å². The molecular formula is C15H20N2O2. The van der Waals surface area contributed by atoms with Gasteiger partial charge in [0.25, 0.3) is 0 Å². The normalized spacial score (nSPS) is 16.9. The van der Waals surface area contributed by atoms with Gasteiger partial charge in [0.15, 0.2) is 11.5 Å². The highest BCUT2D eigenvalue weighted by atomic mass is 16.5. The molecule has 1 heterocycles. The molecule has 102 valence electrons. The van der Waals surface area contributed by atoms with Crippen LogP contribution in [0.4, 0.5) is 0 Å². The van der Waals surface area contributed by atoms with Crippen LogP contribution >= 0.6 is 0 Å². The zero-order valence-electron chi connectivity index (χ0n) is 11.6. The van der Waals surface area contributed by atoms with Crippen LogP contribution in [0.3, 0.4) is 0 Å². The molecule has 19 heavy (non-hydrogen) atoms. The summed E-state index contributed by atoms with van der Waals surface area (Å²) in [5.41, 5.74) is 0.954. The molecule has 0 unspecified atom stereocenters. The van der Waals surface area contributed by atoms with Gasteiger partial charge in [0, 0.05) is 13.1 Å². The van der Waals surface area contributed by atoms with E-state index < -0.39 is 0 Å². The van der Waals surface area contributed by atoms with Crippen molar-refractivity contribution in [3.63, 3.8) is 0 Å². The Morgan fingerprint density at radius 1 is 1.32 bits per heavy atom. The number of nitriles is 1. The highest BCUT2D eigenvalue weighted by Crippen LogP contribution is 2.30. The smallest absolute Gasteiger partial charge is 0.161 e. The minimum absolute atomic E-state index is 0.256. The Kier molecular flexibility index (Phi) is 4.64. The van der Waals surface area contributed by atoms with E-state index in [4.69, 9.17) is 14.7 Å². The van der Waals surface area contributed by atoms with Crippen LogP contribution in [-0.4, -0.2) is 38.3 Å². The third kappa shape index (κ3) is 3.62. The highest BCUT2D eigenvalue weighted by Gasteiger charge is 2.19. The van der Waals surface area contributed by atoms with Crippen molar-refractivity contribution in [3.05, 3.63) is 23.8 Å². The molecule has 0 aliphatic carbocycles. The van der Waals surface area contributed by atoms with Gasteiger partial charge in [0.2, 0.25) is 0 Å². The van der Waals surface area contributed by atoms with Gasteiger partial charge in [-0.05, 0) is 37.6 Å². The lowest BCUT2D eigenvalue weighted by Gasteiger charge is -2.29. The fourth-order valence-electron chi connectivity index (χ4n) is 2.29. The van der Waals surface area contributed by atoms with Crippen LogP contribution in [0.15, 0.2) is 18.2 Å². The van der Waals surface area contributed by atoms with E-state index in [-0.39, 0.29) is 6.10 Å². The van der Waals surface area contributed by atoms with E-state index in [1.807, 2.05) is 18.2 Å². The van der Waals surface area contributed by atoms with Gasteiger partial charge < -0.3 is 14.4 Å². The zero-order valence-corrected chi connectivity index (χ0v) is 11.6. The van der Waals surface area contributed by atoms with Gasteiger partial charge >= 0.3 is 0 Å². The third-order valence-electron chi connectivity index (χ3n) is 3.47. The quantitative estimate of drug-likeness (QED) is 0.833. The first kappa shape index (κ1) is 13.7. The van der Waals surface area contributed by atoms with Gasteiger partial charge in [-0.15, -0.1) is 0 Å². The second-order valence-corrected chi connectivity index (χ2v) is 4.94. The summed E-state index contributed by atoms with van der Waals surface area (Å²) < 4.78 is 11.4. The first-order valence-corrected chi connectivity index (χ1v) is 6.62. The summed E-state index contributed by atoms with van der Waals surface area (Å²) in [6.07, 6.45) is 2.73. The van der Waals surface area contributed by atoms with E-state index in [9.17, 15) is 0 Å². The summed E-state index contributed by atoms with van der Waals surface area (Å²) >= 11 is 0. The molecule has 0 aromatic heterocycles. The summed E-state index contributed by atoms with van der Waals surface area (Å²) in [5, 5.41) is 8.71. The van der Waals surface area contributed by atoms with Crippen LogP contribution < -0.4 is 9.47 Å². The maximum Gasteiger partial charge on any atom is 0.161 e. The van der Waals surface area contributed by atoms with Crippen LogP contribution in [0.2, 0.25) is 0 Å². The molecule has 4 nitrogen and oxygen atoms in total. The van der Waals surface area contributed by atoms with E-state index in [0.717, 1.165) is 37.2 Å². The van der Waals surface area contributed by atoms with Gasteiger partial charge in [-0.1, -0.05) is 6.07 Å². The van der Waals surface area contributed by atoms with Crippen molar-refractivity contribution in [2.75, 3.05) is 27.2 Å². The van der Waals surface area contributed by atoms with Crippen molar-refractivity contribution >= 4 is 0 Å². The van der Waals surface area contributed by atoms with Gasteiger partial charge in [0.05, 0.1) is 19.6 Å².